The van der Waals surface area contributed by atoms with Crippen LogP contribution >= 0.6 is 25.0 Å². The van der Waals surface area contributed by atoms with Crippen LogP contribution in [0.3, 0.4) is 0 Å². The largest absolute Gasteiger partial charge is 0.466 e. The number of ether oxygens (including phenoxy) is 1. The monoisotopic (exact) mass is 521 g/mol. The zero-order chi connectivity index (χ0) is 24.1. The molecule has 9 heteroatoms. The first-order chi connectivity index (χ1) is 16.5. The SMILES string of the molecule is CCOC(=O)CCCn1ccc(/C=C2/CN(C(C(=O)C3CC3)c3ccccc3F)CCC2S)n1.Cl. The third-order valence-electron chi connectivity index (χ3n) is 6.39. The molecule has 0 amide bonds. The molecule has 2 atom stereocenters. The first-order valence-electron chi connectivity index (χ1n) is 12.1. The van der Waals surface area contributed by atoms with Gasteiger partial charge < -0.3 is 4.74 Å². The number of piperidine rings is 1. The third kappa shape index (κ3) is 7.18. The first kappa shape index (κ1) is 27.4. The molecule has 190 valence electrons. The molecule has 1 saturated heterocycles. The highest BCUT2D eigenvalue weighted by Crippen LogP contribution is 2.39. The smallest absolute Gasteiger partial charge is 0.305 e. The number of hydrogen-bond acceptors (Lipinski definition) is 6. The topological polar surface area (TPSA) is 64.4 Å². The molecule has 6 nitrogen and oxygen atoms in total. The van der Waals surface area contributed by atoms with E-state index in [1.807, 2.05) is 23.0 Å². The van der Waals surface area contributed by atoms with Gasteiger partial charge in [0, 0.05) is 49.0 Å². The lowest BCUT2D eigenvalue weighted by Gasteiger charge is -2.37. The number of benzene rings is 1. The summed E-state index contributed by atoms with van der Waals surface area (Å²) in [7, 11) is 0. The molecule has 1 aliphatic heterocycles. The van der Waals surface area contributed by atoms with Gasteiger partial charge in [0.25, 0.3) is 0 Å². The number of aryl methyl sites for hydroxylation is 1. The van der Waals surface area contributed by atoms with Crippen molar-refractivity contribution in [3.63, 3.8) is 0 Å². The standard InChI is InChI=1S/C26H32FN3O3S.ClH/c1-2-33-24(31)8-5-13-30-15-11-20(28-30)16-19-17-29(14-12-23(19)34)25(26(32)18-9-10-18)21-6-3-4-7-22(21)27;/h3-4,6-7,11,15-16,18,23,25,34H,2,5,8-10,12-14,17H2,1H3;1H/b19-16-;. The Hall–Kier alpha value is -2.16. The number of Topliss-reactive ketones (excluding diaryl/α,β-unsaturated/α-hetero) is 1. The number of halogens is 2. The van der Waals surface area contributed by atoms with Gasteiger partial charge in [-0.3, -0.25) is 19.2 Å². The van der Waals surface area contributed by atoms with Gasteiger partial charge in [-0.25, -0.2) is 4.39 Å². The van der Waals surface area contributed by atoms with E-state index in [9.17, 15) is 14.0 Å². The molecule has 0 bridgehead atoms. The van der Waals surface area contributed by atoms with Gasteiger partial charge in [0.1, 0.15) is 5.82 Å². The summed E-state index contributed by atoms with van der Waals surface area (Å²) in [6.45, 7) is 4.05. The zero-order valence-electron chi connectivity index (χ0n) is 19.9. The van der Waals surface area contributed by atoms with Crippen LogP contribution in [0, 0.1) is 11.7 Å². The number of carbonyl (C=O) groups is 2. The Bertz CT molecular complexity index is 1060. The van der Waals surface area contributed by atoms with Crippen molar-refractivity contribution in [2.24, 2.45) is 5.92 Å². The van der Waals surface area contributed by atoms with Crippen molar-refractivity contribution in [2.45, 2.75) is 56.9 Å². The average molecular weight is 522 g/mol. The number of likely N-dealkylation sites (tertiary alicyclic amines) is 1. The van der Waals surface area contributed by atoms with Crippen molar-refractivity contribution in [3.8, 4) is 0 Å². The van der Waals surface area contributed by atoms with Crippen LogP contribution in [-0.2, 0) is 20.9 Å². The quantitative estimate of drug-likeness (QED) is 0.356. The molecular weight excluding hydrogens is 489 g/mol. The van der Waals surface area contributed by atoms with Gasteiger partial charge in [0.05, 0.1) is 18.3 Å². The second-order valence-corrected chi connectivity index (χ2v) is 9.63. The maximum absolute atomic E-state index is 14.7. The van der Waals surface area contributed by atoms with E-state index in [4.69, 9.17) is 17.4 Å². The summed E-state index contributed by atoms with van der Waals surface area (Å²) in [6, 6.07) is 7.97. The highest BCUT2D eigenvalue weighted by atomic mass is 35.5. The normalized spacial score (nSPS) is 20.3. The molecule has 0 radical (unpaired) electrons. The number of carbonyl (C=O) groups excluding carboxylic acids is 2. The summed E-state index contributed by atoms with van der Waals surface area (Å²) >= 11 is 4.77. The van der Waals surface area contributed by atoms with Gasteiger partial charge in [0.2, 0.25) is 0 Å². The fourth-order valence-electron chi connectivity index (χ4n) is 4.46. The van der Waals surface area contributed by atoms with E-state index in [0.717, 1.165) is 30.5 Å². The van der Waals surface area contributed by atoms with E-state index >= 15 is 0 Å². The van der Waals surface area contributed by atoms with Crippen molar-refractivity contribution in [3.05, 3.63) is 59.2 Å². The highest BCUT2D eigenvalue weighted by molar-refractivity contribution is 7.81. The summed E-state index contributed by atoms with van der Waals surface area (Å²) in [4.78, 5) is 26.8. The number of hydrogen-bond donors (Lipinski definition) is 1. The lowest BCUT2D eigenvalue weighted by atomic mass is 9.93. The number of esters is 1. The van der Waals surface area contributed by atoms with E-state index in [2.05, 4.69) is 10.00 Å². The Morgan fingerprint density at radius 2 is 2.03 bits per heavy atom. The molecule has 1 aromatic carbocycles. The van der Waals surface area contributed by atoms with Gasteiger partial charge in [-0.1, -0.05) is 18.2 Å². The first-order valence-corrected chi connectivity index (χ1v) is 12.6. The van der Waals surface area contributed by atoms with E-state index < -0.39 is 6.04 Å². The van der Waals surface area contributed by atoms with Gasteiger partial charge in [-0.2, -0.15) is 17.7 Å². The number of nitrogens with zero attached hydrogens (tertiary/aromatic N) is 3. The van der Waals surface area contributed by atoms with Crippen LogP contribution in [0.15, 0.2) is 42.1 Å². The van der Waals surface area contributed by atoms with E-state index in [0.29, 0.717) is 44.6 Å². The molecule has 1 saturated carbocycles. The molecular formula is C26H33ClFN3O3S. The summed E-state index contributed by atoms with van der Waals surface area (Å²) in [5.41, 5.74) is 2.33. The maximum atomic E-state index is 14.7. The van der Waals surface area contributed by atoms with Gasteiger partial charge in [0.15, 0.2) is 5.78 Å². The van der Waals surface area contributed by atoms with Crippen LogP contribution in [0.5, 0.6) is 0 Å². The molecule has 4 rings (SSSR count). The highest BCUT2D eigenvalue weighted by Gasteiger charge is 2.40. The molecule has 35 heavy (non-hydrogen) atoms. The Balaban J connectivity index is 0.00000342. The minimum atomic E-state index is -0.571. The molecule has 2 fully saturated rings. The van der Waals surface area contributed by atoms with Gasteiger partial charge in [-0.05, 0) is 56.4 Å². The van der Waals surface area contributed by atoms with Crippen LogP contribution in [0.2, 0.25) is 0 Å². The Morgan fingerprint density at radius 1 is 1.26 bits per heavy atom. The Morgan fingerprint density at radius 3 is 2.74 bits per heavy atom. The van der Waals surface area contributed by atoms with Crippen LogP contribution < -0.4 is 0 Å². The number of thiol groups is 1. The fraction of sp³-hybridized carbons (Fsp3) is 0.500. The average Bonchev–Trinajstić information content (AvgIpc) is 3.58. The maximum Gasteiger partial charge on any atom is 0.305 e. The molecule has 2 unspecified atom stereocenters. The molecule has 0 N–H and O–H groups in total. The number of aromatic nitrogens is 2. The predicted molar refractivity (Wildman–Crippen MR) is 139 cm³/mol. The molecule has 0 spiro atoms. The predicted octanol–water partition coefficient (Wildman–Crippen LogP) is 4.90. The van der Waals surface area contributed by atoms with Gasteiger partial charge in [-0.15, -0.1) is 12.4 Å². The van der Waals surface area contributed by atoms with Crippen LogP contribution in [0.25, 0.3) is 6.08 Å². The summed E-state index contributed by atoms with van der Waals surface area (Å²) in [6.07, 6.45) is 7.50. The van der Waals surface area contributed by atoms with Crippen molar-refractivity contribution in [1.82, 2.24) is 14.7 Å². The van der Waals surface area contributed by atoms with Crippen LogP contribution in [0.4, 0.5) is 4.39 Å². The van der Waals surface area contributed by atoms with E-state index in [1.165, 1.54) is 6.07 Å². The van der Waals surface area contributed by atoms with Crippen molar-refractivity contribution in [1.29, 1.82) is 0 Å². The van der Waals surface area contributed by atoms with Gasteiger partial charge >= 0.3 is 5.97 Å². The Labute approximate surface area is 217 Å². The van der Waals surface area contributed by atoms with E-state index in [-0.39, 0.29) is 41.1 Å². The Kier molecular flexibility index (Phi) is 9.95. The van der Waals surface area contributed by atoms with Crippen molar-refractivity contribution in [2.75, 3.05) is 19.7 Å². The van der Waals surface area contributed by atoms with E-state index in [1.54, 1.807) is 25.1 Å². The summed E-state index contributed by atoms with van der Waals surface area (Å²) < 4.78 is 21.5. The molecule has 2 heterocycles. The molecule has 1 aliphatic carbocycles. The molecule has 1 aromatic heterocycles. The molecule has 2 aromatic rings. The second-order valence-electron chi connectivity index (χ2n) is 9.01. The molecule has 2 aliphatic rings. The minimum Gasteiger partial charge on any atom is -0.466 e. The zero-order valence-corrected chi connectivity index (χ0v) is 21.6. The fourth-order valence-corrected chi connectivity index (χ4v) is 4.73. The number of rotatable bonds is 10. The third-order valence-corrected chi connectivity index (χ3v) is 6.98. The lowest BCUT2D eigenvalue weighted by Crippen LogP contribution is -2.42. The second kappa shape index (κ2) is 12.7. The van der Waals surface area contributed by atoms with Crippen molar-refractivity contribution >= 4 is 42.9 Å². The van der Waals surface area contributed by atoms with Crippen molar-refractivity contribution < 1.29 is 18.7 Å². The summed E-state index contributed by atoms with van der Waals surface area (Å²) in [5, 5.41) is 4.66. The lowest BCUT2D eigenvalue weighted by molar-refractivity contribution is -0.143. The number of ketones is 1. The van der Waals surface area contributed by atoms with Crippen LogP contribution in [0.1, 0.15) is 56.3 Å². The minimum absolute atomic E-state index is 0. The summed E-state index contributed by atoms with van der Waals surface area (Å²) in [5.74, 6) is -0.368. The van der Waals surface area contributed by atoms with Crippen LogP contribution in [-0.4, -0.2) is 51.4 Å².